The maximum Gasteiger partial charge on any atom is 0.334 e. The molecule has 2 fully saturated rings. The Morgan fingerprint density at radius 3 is 2.65 bits per heavy atom. The van der Waals surface area contributed by atoms with Crippen LogP contribution in [0.3, 0.4) is 0 Å². The SMILES string of the molecule is O=C(O)C1CN(C(=O)NC2CCCC2)CCO1. The average molecular weight is 242 g/mol. The van der Waals surface area contributed by atoms with Gasteiger partial charge in [-0.2, -0.15) is 0 Å². The molecule has 0 bridgehead atoms. The number of carbonyl (C=O) groups is 2. The van der Waals surface area contributed by atoms with Crippen LogP contribution < -0.4 is 5.32 Å². The smallest absolute Gasteiger partial charge is 0.334 e. The van der Waals surface area contributed by atoms with Crippen molar-refractivity contribution in [1.82, 2.24) is 10.2 Å². The quantitative estimate of drug-likeness (QED) is 0.735. The Labute approximate surface area is 99.9 Å². The van der Waals surface area contributed by atoms with E-state index in [1.165, 1.54) is 4.90 Å². The van der Waals surface area contributed by atoms with Gasteiger partial charge in [-0.3, -0.25) is 0 Å². The first kappa shape index (κ1) is 12.2. The number of ether oxygens (including phenoxy) is 1. The predicted octanol–water partition coefficient (Wildman–Crippen LogP) is 0.424. The standard InChI is InChI=1S/C11H18N2O4/c14-10(15)9-7-13(5-6-17-9)11(16)12-8-3-1-2-4-8/h8-9H,1-7H2,(H,12,16)(H,14,15). The maximum atomic E-state index is 11.9. The molecule has 2 rings (SSSR count). The molecule has 6 heteroatoms. The van der Waals surface area contributed by atoms with Gasteiger partial charge in [0.25, 0.3) is 0 Å². The summed E-state index contributed by atoms with van der Waals surface area (Å²) < 4.78 is 5.07. The van der Waals surface area contributed by atoms with E-state index in [2.05, 4.69) is 5.32 Å². The van der Waals surface area contributed by atoms with E-state index >= 15 is 0 Å². The summed E-state index contributed by atoms with van der Waals surface area (Å²) in [6, 6.07) is 0.0973. The number of carboxylic acid groups (broad SMARTS) is 1. The summed E-state index contributed by atoms with van der Waals surface area (Å²) in [5.74, 6) is -1.01. The second-order valence-electron chi connectivity index (χ2n) is 4.57. The summed E-state index contributed by atoms with van der Waals surface area (Å²) in [4.78, 5) is 24.2. The molecule has 0 aromatic rings. The highest BCUT2D eigenvalue weighted by Gasteiger charge is 2.30. The van der Waals surface area contributed by atoms with Gasteiger partial charge in [0, 0.05) is 12.6 Å². The topological polar surface area (TPSA) is 78.9 Å². The molecule has 2 aliphatic rings. The van der Waals surface area contributed by atoms with Crippen LogP contribution in [0.1, 0.15) is 25.7 Å². The molecule has 1 aliphatic carbocycles. The largest absolute Gasteiger partial charge is 0.479 e. The Bertz CT molecular complexity index is 302. The third-order valence-electron chi connectivity index (χ3n) is 3.31. The minimum absolute atomic E-state index is 0.133. The van der Waals surface area contributed by atoms with Gasteiger partial charge in [0.2, 0.25) is 0 Å². The molecule has 1 aliphatic heterocycles. The van der Waals surface area contributed by atoms with E-state index in [1.54, 1.807) is 0 Å². The summed E-state index contributed by atoms with van der Waals surface area (Å²) >= 11 is 0. The number of urea groups is 1. The lowest BCUT2D eigenvalue weighted by Gasteiger charge is -2.31. The van der Waals surface area contributed by atoms with Crippen molar-refractivity contribution >= 4 is 12.0 Å². The molecule has 6 nitrogen and oxygen atoms in total. The van der Waals surface area contributed by atoms with Gasteiger partial charge in [-0.05, 0) is 12.8 Å². The van der Waals surface area contributed by atoms with E-state index in [-0.39, 0.29) is 25.2 Å². The summed E-state index contributed by atoms with van der Waals surface area (Å²) in [5, 5.41) is 11.8. The van der Waals surface area contributed by atoms with Crippen LogP contribution in [-0.2, 0) is 9.53 Å². The summed E-state index contributed by atoms with van der Waals surface area (Å²) in [5.41, 5.74) is 0. The number of nitrogens with one attached hydrogen (secondary N) is 1. The molecule has 2 N–H and O–H groups in total. The highest BCUT2D eigenvalue weighted by atomic mass is 16.5. The van der Waals surface area contributed by atoms with Gasteiger partial charge in [-0.15, -0.1) is 0 Å². The molecule has 1 atom stereocenters. The van der Waals surface area contributed by atoms with Crippen LogP contribution in [0.2, 0.25) is 0 Å². The highest BCUT2D eigenvalue weighted by Crippen LogP contribution is 2.18. The molecule has 96 valence electrons. The summed E-state index contributed by atoms with van der Waals surface area (Å²) in [6.07, 6.45) is 3.48. The van der Waals surface area contributed by atoms with Crippen LogP contribution in [0.25, 0.3) is 0 Å². The van der Waals surface area contributed by atoms with E-state index in [1.807, 2.05) is 0 Å². The average Bonchev–Trinajstić information content (AvgIpc) is 2.82. The number of hydrogen-bond acceptors (Lipinski definition) is 3. The molecule has 1 saturated heterocycles. The molecule has 0 aromatic carbocycles. The number of morpholine rings is 1. The van der Waals surface area contributed by atoms with E-state index in [9.17, 15) is 9.59 Å². The number of amides is 2. The van der Waals surface area contributed by atoms with Crippen molar-refractivity contribution in [3.8, 4) is 0 Å². The number of hydrogen-bond donors (Lipinski definition) is 2. The van der Waals surface area contributed by atoms with Crippen LogP contribution in [0.15, 0.2) is 0 Å². The highest BCUT2D eigenvalue weighted by molar-refractivity contribution is 5.77. The normalized spacial score (nSPS) is 25.9. The Hall–Kier alpha value is -1.30. The lowest BCUT2D eigenvalue weighted by Crippen LogP contribution is -2.53. The Morgan fingerprint density at radius 2 is 2.00 bits per heavy atom. The van der Waals surface area contributed by atoms with Gasteiger partial charge < -0.3 is 20.1 Å². The fourth-order valence-electron chi connectivity index (χ4n) is 2.32. The molecule has 1 saturated carbocycles. The summed E-state index contributed by atoms with van der Waals surface area (Å²) in [7, 11) is 0. The molecule has 17 heavy (non-hydrogen) atoms. The minimum Gasteiger partial charge on any atom is -0.479 e. The Morgan fingerprint density at radius 1 is 1.29 bits per heavy atom. The number of rotatable bonds is 2. The molecule has 0 aromatic heterocycles. The number of nitrogens with zero attached hydrogens (tertiary/aromatic N) is 1. The first-order valence-electron chi connectivity index (χ1n) is 6.06. The third kappa shape index (κ3) is 3.09. The van der Waals surface area contributed by atoms with Gasteiger partial charge in [-0.1, -0.05) is 12.8 Å². The van der Waals surface area contributed by atoms with Crippen molar-refractivity contribution in [2.75, 3.05) is 19.7 Å². The zero-order valence-corrected chi connectivity index (χ0v) is 9.72. The zero-order valence-electron chi connectivity index (χ0n) is 9.72. The van der Waals surface area contributed by atoms with Gasteiger partial charge in [0.05, 0.1) is 13.2 Å². The van der Waals surface area contributed by atoms with Gasteiger partial charge in [-0.25, -0.2) is 9.59 Å². The zero-order chi connectivity index (χ0) is 12.3. The van der Waals surface area contributed by atoms with Crippen LogP contribution >= 0.6 is 0 Å². The number of carbonyl (C=O) groups excluding carboxylic acids is 1. The molecule has 0 spiro atoms. The van der Waals surface area contributed by atoms with Gasteiger partial charge in [0.15, 0.2) is 6.10 Å². The third-order valence-corrected chi connectivity index (χ3v) is 3.31. The van der Waals surface area contributed by atoms with E-state index < -0.39 is 12.1 Å². The second kappa shape index (κ2) is 5.35. The molecule has 1 heterocycles. The second-order valence-corrected chi connectivity index (χ2v) is 4.57. The molecular formula is C11H18N2O4. The fourth-order valence-corrected chi connectivity index (χ4v) is 2.32. The van der Waals surface area contributed by atoms with Crippen LogP contribution in [0, 0.1) is 0 Å². The number of carboxylic acids is 1. The van der Waals surface area contributed by atoms with E-state index in [0.717, 1.165) is 25.7 Å². The molecule has 0 radical (unpaired) electrons. The van der Waals surface area contributed by atoms with Crippen molar-refractivity contribution in [1.29, 1.82) is 0 Å². The van der Waals surface area contributed by atoms with Crippen molar-refractivity contribution in [2.24, 2.45) is 0 Å². The van der Waals surface area contributed by atoms with E-state index in [0.29, 0.717) is 6.54 Å². The van der Waals surface area contributed by atoms with E-state index in [4.69, 9.17) is 9.84 Å². The fraction of sp³-hybridized carbons (Fsp3) is 0.818. The lowest BCUT2D eigenvalue weighted by molar-refractivity contribution is -0.154. The van der Waals surface area contributed by atoms with Crippen molar-refractivity contribution in [2.45, 2.75) is 37.8 Å². The summed E-state index contributed by atoms with van der Waals surface area (Å²) in [6.45, 7) is 0.880. The predicted molar refractivity (Wildman–Crippen MR) is 59.7 cm³/mol. The molecule has 1 unspecified atom stereocenters. The first-order valence-corrected chi connectivity index (χ1v) is 6.06. The minimum atomic E-state index is -1.01. The van der Waals surface area contributed by atoms with Crippen molar-refractivity contribution in [3.05, 3.63) is 0 Å². The Kier molecular flexibility index (Phi) is 3.83. The van der Waals surface area contributed by atoms with Gasteiger partial charge >= 0.3 is 12.0 Å². The maximum absolute atomic E-state index is 11.9. The van der Waals surface area contributed by atoms with Gasteiger partial charge in [0.1, 0.15) is 0 Å². The molecular weight excluding hydrogens is 224 g/mol. The monoisotopic (exact) mass is 242 g/mol. The lowest BCUT2D eigenvalue weighted by atomic mass is 10.2. The van der Waals surface area contributed by atoms with Crippen LogP contribution in [0.4, 0.5) is 4.79 Å². The van der Waals surface area contributed by atoms with Crippen molar-refractivity contribution < 1.29 is 19.4 Å². The molecule has 2 amide bonds. The first-order chi connectivity index (χ1) is 8.16. The van der Waals surface area contributed by atoms with Crippen LogP contribution in [0.5, 0.6) is 0 Å². The number of aliphatic carboxylic acids is 1. The van der Waals surface area contributed by atoms with Crippen LogP contribution in [-0.4, -0.2) is 53.8 Å². The Balaban J connectivity index is 1.83. The van der Waals surface area contributed by atoms with Crippen molar-refractivity contribution in [3.63, 3.8) is 0 Å².